The highest BCUT2D eigenvalue weighted by atomic mass is 32.2. The first kappa shape index (κ1) is 28.3. The molecular formula is C28H31N5O4S3. The lowest BCUT2D eigenvalue weighted by Crippen LogP contribution is -2.36. The van der Waals surface area contributed by atoms with E-state index in [1.54, 1.807) is 43.6 Å². The molecule has 12 heteroatoms. The van der Waals surface area contributed by atoms with Gasteiger partial charge < -0.3 is 10.1 Å². The summed E-state index contributed by atoms with van der Waals surface area (Å²) in [7, 11) is -2.01. The summed E-state index contributed by atoms with van der Waals surface area (Å²) in [5.74, 6) is 1.10. The van der Waals surface area contributed by atoms with Crippen LogP contribution in [0, 0.1) is 13.8 Å². The lowest BCUT2D eigenvalue weighted by atomic mass is 10.2. The molecule has 2 aromatic carbocycles. The zero-order valence-electron chi connectivity index (χ0n) is 22.6. The predicted octanol–water partition coefficient (Wildman–Crippen LogP) is 5.53. The Morgan fingerprint density at radius 3 is 2.60 bits per heavy atom. The number of hydrogen-bond donors (Lipinski definition) is 1. The molecule has 0 unspecified atom stereocenters. The second kappa shape index (κ2) is 12.1. The number of hydrogen-bond acceptors (Lipinski definition) is 8. The van der Waals surface area contributed by atoms with Crippen LogP contribution in [0.3, 0.4) is 0 Å². The van der Waals surface area contributed by atoms with E-state index in [-0.39, 0.29) is 16.6 Å². The number of ether oxygens (including phenoxy) is 1. The quantitative estimate of drug-likeness (QED) is 0.253. The second-order valence-corrected chi connectivity index (χ2v) is 13.4. The second-order valence-electron chi connectivity index (χ2n) is 9.58. The molecule has 0 bridgehead atoms. The molecule has 0 saturated carbocycles. The number of methoxy groups -OCH3 is 1. The van der Waals surface area contributed by atoms with Crippen molar-refractivity contribution in [2.45, 2.75) is 43.2 Å². The number of carbonyl (C=O) groups is 1. The van der Waals surface area contributed by atoms with Crippen LogP contribution in [0.1, 0.15) is 30.4 Å². The standard InChI is InChI=1S/C28H31N5O4S3/c1-19-9-12-23(37-3)22(16-19)33-27(24-8-7-15-38-24)30-31-28(33)39-18-26(34)29-21-11-10-20(2)25(17-21)40(35,36)32-13-5-4-6-14-32/h7-12,15-17H,4-6,13-14,18H2,1-3H3,(H,29,34). The Hall–Kier alpha value is -3.19. The maximum atomic E-state index is 13.3. The summed E-state index contributed by atoms with van der Waals surface area (Å²) in [6.45, 7) is 4.82. The maximum Gasteiger partial charge on any atom is 0.243 e. The number of anilines is 1. The summed E-state index contributed by atoms with van der Waals surface area (Å²) >= 11 is 2.80. The Kier molecular flexibility index (Phi) is 8.60. The van der Waals surface area contributed by atoms with Crippen LogP contribution in [0.25, 0.3) is 16.4 Å². The van der Waals surface area contributed by atoms with Gasteiger partial charge in [0.25, 0.3) is 0 Å². The predicted molar refractivity (Wildman–Crippen MR) is 159 cm³/mol. The van der Waals surface area contributed by atoms with Crippen molar-refractivity contribution in [1.29, 1.82) is 0 Å². The number of thioether (sulfide) groups is 1. The summed E-state index contributed by atoms with van der Waals surface area (Å²) in [4.78, 5) is 14.2. The number of amides is 1. The van der Waals surface area contributed by atoms with Crippen LogP contribution in [-0.2, 0) is 14.8 Å². The molecule has 1 saturated heterocycles. The molecule has 0 aliphatic carbocycles. The van der Waals surface area contributed by atoms with Crippen LogP contribution in [0.2, 0.25) is 0 Å². The van der Waals surface area contributed by atoms with Crippen molar-refractivity contribution in [3.63, 3.8) is 0 Å². The van der Waals surface area contributed by atoms with Gasteiger partial charge in [-0.1, -0.05) is 36.4 Å². The monoisotopic (exact) mass is 597 g/mol. The lowest BCUT2D eigenvalue weighted by molar-refractivity contribution is -0.113. The van der Waals surface area contributed by atoms with Crippen molar-refractivity contribution < 1.29 is 17.9 Å². The zero-order chi connectivity index (χ0) is 28.3. The third kappa shape index (κ3) is 5.95. The van der Waals surface area contributed by atoms with E-state index < -0.39 is 10.0 Å². The first-order valence-corrected chi connectivity index (χ1v) is 16.3. The molecule has 1 aliphatic heterocycles. The number of aryl methyl sites for hydroxylation is 2. The van der Waals surface area contributed by atoms with Gasteiger partial charge in [0.2, 0.25) is 15.9 Å². The Balaban J connectivity index is 1.37. The first-order valence-electron chi connectivity index (χ1n) is 13.0. The summed E-state index contributed by atoms with van der Waals surface area (Å²) in [6, 6.07) is 14.8. The maximum absolute atomic E-state index is 13.3. The van der Waals surface area contributed by atoms with E-state index in [0.29, 0.717) is 41.1 Å². The third-order valence-electron chi connectivity index (χ3n) is 6.69. The largest absolute Gasteiger partial charge is 0.495 e. The van der Waals surface area contributed by atoms with E-state index in [9.17, 15) is 13.2 Å². The Bertz CT molecular complexity index is 1610. The van der Waals surface area contributed by atoms with Crippen molar-refractivity contribution in [2.75, 3.05) is 31.3 Å². The molecule has 9 nitrogen and oxygen atoms in total. The Labute approximate surface area is 242 Å². The topological polar surface area (TPSA) is 106 Å². The van der Waals surface area contributed by atoms with Crippen LogP contribution < -0.4 is 10.1 Å². The van der Waals surface area contributed by atoms with Crippen molar-refractivity contribution in [2.24, 2.45) is 0 Å². The Morgan fingerprint density at radius 1 is 1.07 bits per heavy atom. The molecule has 0 atom stereocenters. The molecule has 0 spiro atoms. The fourth-order valence-corrected chi connectivity index (χ4v) is 7.86. The highest BCUT2D eigenvalue weighted by Crippen LogP contribution is 2.35. The number of thiophene rings is 1. The highest BCUT2D eigenvalue weighted by molar-refractivity contribution is 7.99. The summed E-state index contributed by atoms with van der Waals surface area (Å²) in [6.07, 6.45) is 2.76. The normalized spacial score (nSPS) is 14.3. The van der Waals surface area contributed by atoms with Crippen LogP contribution >= 0.6 is 23.1 Å². The molecule has 5 rings (SSSR count). The summed E-state index contributed by atoms with van der Waals surface area (Å²) in [5.41, 5.74) is 2.92. The fourth-order valence-electron chi connectivity index (χ4n) is 4.65. The summed E-state index contributed by atoms with van der Waals surface area (Å²) in [5, 5.41) is 14.2. The molecule has 3 heterocycles. The van der Waals surface area contributed by atoms with Gasteiger partial charge in [-0.3, -0.25) is 9.36 Å². The van der Waals surface area contributed by atoms with Gasteiger partial charge in [0.1, 0.15) is 5.75 Å². The van der Waals surface area contributed by atoms with Gasteiger partial charge in [-0.25, -0.2) is 8.42 Å². The van der Waals surface area contributed by atoms with Crippen LogP contribution in [0.15, 0.2) is 64.0 Å². The van der Waals surface area contributed by atoms with E-state index in [4.69, 9.17) is 4.74 Å². The molecule has 4 aromatic rings. The molecule has 1 N–H and O–H groups in total. The number of piperidine rings is 1. The number of benzene rings is 2. The smallest absolute Gasteiger partial charge is 0.243 e. The van der Waals surface area contributed by atoms with Crippen molar-refractivity contribution >= 4 is 44.7 Å². The van der Waals surface area contributed by atoms with Gasteiger partial charge in [-0.15, -0.1) is 21.5 Å². The highest BCUT2D eigenvalue weighted by Gasteiger charge is 2.28. The minimum atomic E-state index is -3.63. The van der Waals surface area contributed by atoms with Gasteiger partial charge in [0.15, 0.2) is 11.0 Å². The molecule has 1 fully saturated rings. The lowest BCUT2D eigenvalue weighted by Gasteiger charge is -2.26. The number of aromatic nitrogens is 3. The fraction of sp³-hybridized carbons (Fsp3) is 0.321. The molecule has 1 aliphatic rings. The minimum Gasteiger partial charge on any atom is -0.495 e. The van der Waals surface area contributed by atoms with E-state index >= 15 is 0 Å². The van der Waals surface area contributed by atoms with Crippen molar-refractivity contribution in [1.82, 2.24) is 19.1 Å². The zero-order valence-corrected chi connectivity index (χ0v) is 25.0. The molecule has 1 amide bonds. The van der Waals surface area contributed by atoms with E-state index in [1.807, 2.05) is 47.2 Å². The number of rotatable bonds is 9. The van der Waals surface area contributed by atoms with Crippen LogP contribution in [-0.4, -0.2) is 59.3 Å². The Morgan fingerprint density at radius 2 is 1.88 bits per heavy atom. The third-order valence-corrected chi connectivity index (χ3v) is 10.5. The first-order chi connectivity index (χ1) is 19.3. The van der Waals surface area contributed by atoms with Gasteiger partial charge >= 0.3 is 0 Å². The molecule has 0 radical (unpaired) electrons. The van der Waals surface area contributed by atoms with Gasteiger partial charge in [-0.05, 0) is 73.5 Å². The number of nitrogens with one attached hydrogen (secondary N) is 1. The van der Waals surface area contributed by atoms with Gasteiger partial charge in [0, 0.05) is 18.8 Å². The van der Waals surface area contributed by atoms with E-state index in [1.165, 1.54) is 16.1 Å². The minimum absolute atomic E-state index is 0.0544. The van der Waals surface area contributed by atoms with Crippen LogP contribution in [0.4, 0.5) is 5.69 Å². The van der Waals surface area contributed by atoms with Crippen LogP contribution in [0.5, 0.6) is 5.75 Å². The molecular weight excluding hydrogens is 567 g/mol. The SMILES string of the molecule is COc1ccc(C)cc1-n1c(SCC(=O)Nc2ccc(C)c(S(=O)(=O)N3CCCCC3)c2)nnc1-c1cccs1. The number of sulfonamides is 1. The average Bonchev–Trinajstić information content (AvgIpc) is 3.63. The van der Waals surface area contributed by atoms with Gasteiger partial charge in [-0.2, -0.15) is 4.31 Å². The van der Waals surface area contributed by atoms with Gasteiger partial charge in [0.05, 0.1) is 28.3 Å². The van der Waals surface area contributed by atoms with E-state index in [0.717, 1.165) is 35.4 Å². The molecule has 210 valence electrons. The molecule has 40 heavy (non-hydrogen) atoms. The average molecular weight is 598 g/mol. The van der Waals surface area contributed by atoms with Crippen molar-refractivity contribution in [3.05, 3.63) is 65.0 Å². The van der Waals surface area contributed by atoms with E-state index in [2.05, 4.69) is 15.5 Å². The number of carbonyl (C=O) groups excluding carboxylic acids is 1. The number of nitrogens with zero attached hydrogens (tertiary/aromatic N) is 4. The van der Waals surface area contributed by atoms with Crippen molar-refractivity contribution in [3.8, 4) is 22.1 Å². The summed E-state index contributed by atoms with van der Waals surface area (Å²) < 4.78 is 35.7. The molecule has 2 aromatic heterocycles.